The van der Waals surface area contributed by atoms with Crippen LogP contribution in [0.1, 0.15) is 20.3 Å². The van der Waals surface area contributed by atoms with Crippen molar-refractivity contribution in [1.82, 2.24) is 0 Å². The molecule has 0 atom stereocenters. The number of carboxylic acid groups (broad SMARTS) is 2. The first kappa shape index (κ1) is 11.4. The summed E-state index contributed by atoms with van der Waals surface area (Å²) < 4.78 is 0. The molecule has 0 rings (SSSR count). The van der Waals surface area contributed by atoms with Gasteiger partial charge in [-0.2, -0.15) is 0 Å². The highest BCUT2D eigenvalue weighted by molar-refractivity contribution is 5.86. The maximum Gasteiger partial charge on any atom is 0.330 e. The molecule has 0 aliphatic heterocycles. The Morgan fingerprint density at radius 3 is 1.54 bits per heavy atom. The third-order valence-electron chi connectivity index (χ3n) is 1.52. The summed E-state index contributed by atoms with van der Waals surface area (Å²) in [7, 11) is 0. The highest BCUT2D eigenvalue weighted by atomic mass is 16.4. The van der Waals surface area contributed by atoms with E-state index in [0.29, 0.717) is 6.42 Å². The van der Waals surface area contributed by atoms with E-state index >= 15 is 0 Å². The van der Waals surface area contributed by atoms with Crippen LogP contribution in [-0.4, -0.2) is 22.2 Å². The zero-order valence-corrected chi connectivity index (χ0v) is 7.57. The molecule has 0 saturated heterocycles. The van der Waals surface area contributed by atoms with E-state index < -0.39 is 11.9 Å². The Morgan fingerprint density at radius 2 is 1.31 bits per heavy atom. The average Bonchev–Trinajstić information content (AvgIpc) is 2.03. The van der Waals surface area contributed by atoms with Crippen molar-refractivity contribution in [2.24, 2.45) is 0 Å². The van der Waals surface area contributed by atoms with Gasteiger partial charge in [-0.3, -0.25) is 0 Å². The molecule has 0 bridgehead atoms. The molecule has 0 aliphatic rings. The van der Waals surface area contributed by atoms with Crippen molar-refractivity contribution >= 4 is 11.9 Å². The Bertz CT molecular complexity index is 245. The Kier molecular flexibility index (Phi) is 4.51. The van der Waals surface area contributed by atoms with Crippen molar-refractivity contribution in [3.8, 4) is 0 Å². The summed E-state index contributed by atoms with van der Waals surface area (Å²) in [6, 6.07) is 0. The van der Waals surface area contributed by atoms with Crippen LogP contribution in [0.25, 0.3) is 0 Å². The molecule has 13 heavy (non-hydrogen) atoms. The van der Waals surface area contributed by atoms with Crippen LogP contribution >= 0.6 is 0 Å². The first-order chi connectivity index (χ1) is 5.95. The van der Waals surface area contributed by atoms with Crippen LogP contribution in [0.5, 0.6) is 0 Å². The number of allylic oxidation sites excluding steroid dienone is 2. The van der Waals surface area contributed by atoms with Crippen molar-refractivity contribution in [3.63, 3.8) is 0 Å². The van der Waals surface area contributed by atoms with Gasteiger partial charge in [0.05, 0.1) is 0 Å². The Labute approximate surface area is 76.2 Å². The van der Waals surface area contributed by atoms with Gasteiger partial charge in [-0.1, -0.05) is 12.2 Å². The molecule has 0 saturated carbocycles. The molecular weight excluding hydrogens is 172 g/mol. The fourth-order valence-electron chi connectivity index (χ4n) is 0.587. The number of rotatable bonds is 4. The fraction of sp³-hybridized carbons (Fsp3) is 0.333. The van der Waals surface area contributed by atoms with Crippen LogP contribution in [0.3, 0.4) is 0 Å². The van der Waals surface area contributed by atoms with Crippen LogP contribution in [0.4, 0.5) is 0 Å². The second kappa shape index (κ2) is 5.13. The molecule has 0 spiro atoms. The third-order valence-corrected chi connectivity index (χ3v) is 1.52. The second-order valence-corrected chi connectivity index (χ2v) is 2.62. The van der Waals surface area contributed by atoms with Crippen molar-refractivity contribution in [3.05, 3.63) is 23.3 Å². The van der Waals surface area contributed by atoms with E-state index in [1.807, 2.05) is 0 Å². The maximum absolute atomic E-state index is 10.3. The molecular formula is C9H12O4. The number of aliphatic carboxylic acids is 2. The van der Waals surface area contributed by atoms with Gasteiger partial charge in [0.1, 0.15) is 0 Å². The van der Waals surface area contributed by atoms with E-state index in [9.17, 15) is 9.59 Å². The van der Waals surface area contributed by atoms with Crippen molar-refractivity contribution < 1.29 is 19.8 Å². The summed E-state index contributed by atoms with van der Waals surface area (Å²) in [6.07, 6.45) is 3.26. The van der Waals surface area contributed by atoms with Gasteiger partial charge in [0.15, 0.2) is 0 Å². The van der Waals surface area contributed by atoms with Gasteiger partial charge in [-0.05, 0) is 20.3 Å². The number of hydrogen-bond acceptors (Lipinski definition) is 2. The molecule has 0 radical (unpaired) electrons. The smallest absolute Gasteiger partial charge is 0.330 e. The second-order valence-electron chi connectivity index (χ2n) is 2.62. The van der Waals surface area contributed by atoms with Crippen LogP contribution in [-0.2, 0) is 9.59 Å². The van der Waals surface area contributed by atoms with Gasteiger partial charge < -0.3 is 10.2 Å². The molecule has 72 valence electrons. The molecule has 2 N–H and O–H groups in total. The number of carboxylic acids is 2. The summed E-state index contributed by atoms with van der Waals surface area (Å²) in [5, 5.41) is 16.9. The zero-order chi connectivity index (χ0) is 10.4. The van der Waals surface area contributed by atoms with Gasteiger partial charge >= 0.3 is 11.9 Å². The lowest BCUT2D eigenvalue weighted by Crippen LogP contribution is -1.97. The minimum Gasteiger partial charge on any atom is -0.478 e. The topological polar surface area (TPSA) is 74.6 Å². The first-order valence-electron chi connectivity index (χ1n) is 3.75. The minimum atomic E-state index is -0.985. The van der Waals surface area contributed by atoms with Crippen LogP contribution in [0.2, 0.25) is 0 Å². The summed E-state index contributed by atoms with van der Waals surface area (Å²) in [6.45, 7) is 2.93. The number of hydrogen-bond donors (Lipinski definition) is 2. The minimum absolute atomic E-state index is 0.217. The lowest BCUT2D eigenvalue weighted by molar-refractivity contribution is -0.133. The predicted octanol–water partition coefficient (Wildman–Crippen LogP) is 1.44. The van der Waals surface area contributed by atoms with Crippen LogP contribution in [0.15, 0.2) is 23.3 Å². The Morgan fingerprint density at radius 1 is 1.00 bits per heavy atom. The third kappa shape index (κ3) is 4.79. The maximum atomic E-state index is 10.3. The molecule has 0 aromatic heterocycles. The molecule has 0 amide bonds. The standard InChI is InChI=1S/C9H12O4/c1-6(8(10)11)4-3-5-7(2)9(12)13/h4-5H,3H2,1-2H3,(H,10,11)(H,12,13). The van der Waals surface area contributed by atoms with Gasteiger partial charge in [0, 0.05) is 11.1 Å². The Hall–Kier alpha value is -1.58. The highest BCUT2D eigenvalue weighted by Crippen LogP contribution is 2.00. The summed E-state index contributed by atoms with van der Waals surface area (Å²) in [5.41, 5.74) is 0.434. The lowest BCUT2D eigenvalue weighted by atomic mass is 10.2. The molecule has 0 heterocycles. The van der Waals surface area contributed by atoms with Gasteiger partial charge in [-0.15, -0.1) is 0 Å². The zero-order valence-electron chi connectivity index (χ0n) is 7.57. The van der Waals surface area contributed by atoms with Crippen LogP contribution in [0, 0.1) is 0 Å². The van der Waals surface area contributed by atoms with E-state index in [1.54, 1.807) is 0 Å². The monoisotopic (exact) mass is 184 g/mol. The van der Waals surface area contributed by atoms with E-state index in [1.165, 1.54) is 26.0 Å². The van der Waals surface area contributed by atoms with Crippen LogP contribution < -0.4 is 0 Å². The van der Waals surface area contributed by atoms with E-state index in [0.717, 1.165) is 0 Å². The summed E-state index contributed by atoms with van der Waals surface area (Å²) >= 11 is 0. The Balaban J connectivity index is 4.19. The van der Waals surface area contributed by atoms with Gasteiger partial charge in [0.2, 0.25) is 0 Å². The molecule has 4 heteroatoms. The number of carbonyl (C=O) groups is 2. The predicted molar refractivity (Wildman–Crippen MR) is 47.4 cm³/mol. The van der Waals surface area contributed by atoms with E-state index in [2.05, 4.69) is 0 Å². The SMILES string of the molecule is CC(=CCC=C(C)C(=O)O)C(=O)O. The van der Waals surface area contributed by atoms with Crippen molar-refractivity contribution in [2.45, 2.75) is 20.3 Å². The molecule has 0 unspecified atom stereocenters. The average molecular weight is 184 g/mol. The normalized spacial score (nSPS) is 12.8. The molecule has 0 aromatic carbocycles. The van der Waals surface area contributed by atoms with Gasteiger partial charge in [-0.25, -0.2) is 9.59 Å². The van der Waals surface area contributed by atoms with E-state index in [-0.39, 0.29) is 11.1 Å². The first-order valence-corrected chi connectivity index (χ1v) is 3.75. The van der Waals surface area contributed by atoms with E-state index in [4.69, 9.17) is 10.2 Å². The van der Waals surface area contributed by atoms with Gasteiger partial charge in [0.25, 0.3) is 0 Å². The highest BCUT2D eigenvalue weighted by Gasteiger charge is 1.99. The van der Waals surface area contributed by atoms with Crippen molar-refractivity contribution in [2.75, 3.05) is 0 Å². The largest absolute Gasteiger partial charge is 0.478 e. The molecule has 0 aliphatic carbocycles. The summed E-state index contributed by atoms with van der Waals surface area (Å²) in [4.78, 5) is 20.6. The molecule has 0 aromatic rings. The fourth-order valence-corrected chi connectivity index (χ4v) is 0.587. The van der Waals surface area contributed by atoms with Crippen molar-refractivity contribution in [1.29, 1.82) is 0 Å². The molecule has 0 fully saturated rings. The molecule has 4 nitrogen and oxygen atoms in total. The quantitative estimate of drug-likeness (QED) is 0.648. The summed E-state index contributed by atoms with van der Waals surface area (Å²) in [5.74, 6) is -1.97. The lowest BCUT2D eigenvalue weighted by Gasteiger charge is -1.92.